The number of rotatable bonds is 15. The average Bonchev–Trinajstić information content (AvgIpc) is 3.32. The Hall–Kier alpha value is -4.10. The minimum atomic E-state index is -1.01. The maximum atomic E-state index is 13.8. The zero-order chi connectivity index (χ0) is 33.5. The first kappa shape index (κ1) is 36.4. The number of carbonyl (C=O) groups excluding carboxylic acids is 4. The molecule has 4 atom stereocenters. The van der Waals surface area contributed by atoms with Gasteiger partial charge in [-0.2, -0.15) is 11.8 Å². The van der Waals surface area contributed by atoms with Gasteiger partial charge < -0.3 is 37.6 Å². The molecule has 9 N–H and O–H groups in total. The summed E-state index contributed by atoms with van der Waals surface area (Å²) in [5.41, 5.74) is 13.4. The smallest absolute Gasteiger partial charge is 0.247 e. The number of guanidine groups is 1. The zero-order valence-corrected chi connectivity index (χ0v) is 27.5. The van der Waals surface area contributed by atoms with E-state index < -0.39 is 41.9 Å². The molecule has 2 aromatic rings. The molecule has 1 unspecified atom stereocenters. The molecule has 0 bridgehead atoms. The van der Waals surface area contributed by atoms with Gasteiger partial charge in [-0.15, -0.1) is 0 Å². The normalized spacial score (nSPS) is 15.9. The SMILES string of the molecule is CC(C)C[C@@H](NC(=O)C(Cc1ccccc1)NC(=O)[C@H](N)Cc1ccccc1)C(=O)N[C@H](CNC(=N)N)C(=O)N1CCCSCC1. The molecule has 13 heteroatoms. The number of amides is 4. The van der Waals surface area contributed by atoms with Crippen molar-refractivity contribution in [2.45, 2.75) is 63.7 Å². The fourth-order valence-corrected chi connectivity index (χ4v) is 6.03. The number of hydrogen-bond acceptors (Lipinski definition) is 7. The average molecular weight is 653 g/mol. The van der Waals surface area contributed by atoms with Crippen molar-refractivity contribution < 1.29 is 19.2 Å². The van der Waals surface area contributed by atoms with Gasteiger partial charge in [0.05, 0.1) is 6.04 Å². The van der Waals surface area contributed by atoms with Crippen molar-refractivity contribution in [3.63, 3.8) is 0 Å². The second-order valence-electron chi connectivity index (χ2n) is 11.9. The van der Waals surface area contributed by atoms with Crippen LogP contribution in [0.3, 0.4) is 0 Å². The minimum Gasteiger partial charge on any atom is -0.370 e. The van der Waals surface area contributed by atoms with Crippen LogP contribution >= 0.6 is 11.8 Å². The highest BCUT2D eigenvalue weighted by molar-refractivity contribution is 7.99. The van der Waals surface area contributed by atoms with Crippen LogP contribution in [0.25, 0.3) is 0 Å². The van der Waals surface area contributed by atoms with Crippen molar-refractivity contribution in [1.82, 2.24) is 26.2 Å². The Morgan fingerprint density at radius 3 is 1.98 bits per heavy atom. The summed E-state index contributed by atoms with van der Waals surface area (Å²) in [6.07, 6.45) is 1.61. The van der Waals surface area contributed by atoms with Crippen LogP contribution in [0, 0.1) is 11.3 Å². The molecule has 1 fully saturated rings. The van der Waals surface area contributed by atoms with E-state index in [1.165, 1.54) is 0 Å². The second kappa shape index (κ2) is 18.8. The summed E-state index contributed by atoms with van der Waals surface area (Å²) in [6.45, 7) is 4.89. The van der Waals surface area contributed by atoms with Crippen LogP contribution in [0.5, 0.6) is 0 Å². The van der Waals surface area contributed by atoms with Gasteiger partial charge in [-0.1, -0.05) is 74.5 Å². The molecule has 0 radical (unpaired) electrons. The van der Waals surface area contributed by atoms with E-state index in [1.807, 2.05) is 74.5 Å². The third-order valence-electron chi connectivity index (χ3n) is 7.54. The van der Waals surface area contributed by atoms with Crippen LogP contribution < -0.4 is 32.7 Å². The largest absolute Gasteiger partial charge is 0.370 e. The fraction of sp³-hybridized carbons (Fsp3) is 0.485. The molecule has 12 nitrogen and oxygen atoms in total. The van der Waals surface area contributed by atoms with Crippen LogP contribution in [0.4, 0.5) is 0 Å². The van der Waals surface area contributed by atoms with Crippen LogP contribution in [0.15, 0.2) is 60.7 Å². The molecular weight excluding hydrogens is 604 g/mol. The number of nitrogens with zero attached hydrogens (tertiary/aromatic N) is 1. The molecule has 0 saturated carbocycles. The summed E-state index contributed by atoms with van der Waals surface area (Å²) < 4.78 is 0. The molecule has 3 rings (SSSR count). The van der Waals surface area contributed by atoms with E-state index in [0.29, 0.717) is 25.9 Å². The lowest BCUT2D eigenvalue weighted by Crippen LogP contribution is -2.60. The van der Waals surface area contributed by atoms with E-state index in [4.69, 9.17) is 16.9 Å². The van der Waals surface area contributed by atoms with Crippen molar-refractivity contribution in [3.8, 4) is 0 Å². The third-order valence-corrected chi connectivity index (χ3v) is 8.58. The van der Waals surface area contributed by atoms with Crippen LogP contribution in [0.1, 0.15) is 37.8 Å². The molecule has 0 spiro atoms. The Morgan fingerprint density at radius 1 is 0.804 bits per heavy atom. The molecule has 2 aromatic carbocycles. The topological polar surface area (TPSA) is 196 Å². The summed E-state index contributed by atoms with van der Waals surface area (Å²) in [7, 11) is 0. The highest BCUT2D eigenvalue weighted by Crippen LogP contribution is 2.13. The molecule has 1 heterocycles. The highest BCUT2D eigenvalue weighted by atomic mass is 32.2. The van der Waals surface area contributed by atoms with Crippen molar-refractivity contribution >= 4 is 41.4 Å². The van der Waals surface area contributed by atoms with Gasteiger partial charge in [-0.25, -0.2) is 0 Å². The van der Waals surface area contributed by atoms with Crippen molar-refractivity contribution in [2.75, 3.05) is 31.1 Å². The fourth-order valence-electron chi connectivity index (χ4n) is 5.15. The van der Waals surface area contributed by atoms with Gasteiger partial charge in [0, 0.05) is 31.8 Å². The van der Waals surface area contributed by atoms with Crippen molar-refractivity contribution in [2.24, 2.45) is 17.4 Å². The monoisotopic (exact) mass is 652 g/mol. The van der Waals surface area contributed by atoms with Gasteiger partial charge in [0.2, 0.25) is 23.6 Å². The van der Waals surface area contributed by atoms with E-state index in [-0.39, 0.29) is 30.8 Å². The number of benzene rings is 2. The minimum absolute atomic E-state index is 0.0182. The molecule has 250 valence electrons. The summed E-state index contributed by atoms with van der Waals surface area (Å²) in [5.74, 6) is -0.406. The van der Waals surface area contributed by atoms with E-state index >= 15 is 0 Å². The lowest BCUT2D eigenvalue weighted by atomic mass is 10.00. The molecule has 1 aliphatic heterocycles. The standard InChI is InChI=1S/C33H48N8O4S/c1-22(2)18-26(30(43)40-28(21-37-33(35)36)32(45)41-14-9-16-46-17-15-41)39-31(44)27(20-24-12-7-4-8-13-24)38-29(42)25(34)19-23-10-5-3-6-11-23/h3-8,10-13,22,25-28H,9,14-21,34H2,1-2H3,(H,38,42)(H,39,44)(H,40,43)(H4,35,36,37)/t25-,26-,27?,28-/m1/s1. The quantitative estimate of drug-likeness (QED) is 0.108. The van der Waals surface area contributed by atoms with E-state index in [1.54, 1.807) is 16.7 Å². The molecule has 0 aliphatic carbocycles. The summed E-state index contributed by atoms with van der Waals surface area (Å²) in [6, 6.07) is 14.8. The Kier molecular flexibility index (Phi) is 14.8. The Labute approximate surface area is 275 Å². The highest BCUT2D eigenvalue weighted by Gasteiger charge is 2.32. The molecular formula is C33H48N8O4S. The predicted octanol–water partition coefficient (Wildman–Crippen LogP) is 0.748. The molecule has 46 heavy (non-hydrogen) atoms. The van der Waals surface area contributed by atoms with E-state index in [9.17, 15) is 19.2 Å². The third kappa shape index (κ3) is 12.4. The maximum Gasteiger partial charge on any atom is 0.247 e. The molecule has 4 amide bonds. The first-order valence-electron chi connectivity index (χ1n) is 15.7. The lowest BCUT2D eigenvalue weighted by molar-refractivity contribution is -0.137. The van der Waals surface area contributed by atoms with Gasteiger partial charge in [0.1, 0.15) is 18.1 Å². The maximum absolute atomic E-state index is 13.8. The first-order valence-corrected chi connectivity index (χ1v) is 16.9. The predicted molar refractivity (Wildman–Crippen MR) is 182 cm³/mol. The van der Waals surface area contributed by atoms with Crippen LogP contribution in [0.2, 0.25) is 0 Å². The first-order chi connectivity index (χ1) is 22.0. The zero-order valence-electron chi connectivity index (χ0n) is 26.7. The lowest BCUT2D eigenvalue weighted by Gasteiger charge is -2.29. The van der Waals surface area contributed by atoms with E-state index in [0.717, 1.165) is 29.1 Å². The number of carbonyl (C=O) groups is 4. The van der Waals surface area contributed by atoms with Gasteiger partial charge in [-0.3, -0.25) is 24.6 Å². The summed E-state index contributed by atoms with van der Waals surface area (Å²) in [4.78, 5) is 55.9. The molecule has 1 saturated heterocycles. The molecule has 0 aromatic heterocycles. The summed E-state index contributed by atoms with van der Waals surface area (Å²) in [5, 5.41) is 18.7. The van der Waals surface area contributed by atoms with Crippen LogP contribution in [-0.2, 0) is 32.0 Å². The van der Waals surface area contributed by atoms with Crippen LogP contribution in [-0.4, -0.2) is 89.8 Å². The summed E-state index contributed by atoms with van der Waals surface area (Å²) >= 11 is 1.77. The second-order valence-corrected chi connectivity index (χ2v) is 13.1. The number of thioether (sulfide) groups is 1. The van der Waals surface area contributed by atoms with Gasteiger partial charge in [-0.05, 0) is 42.1 Å². The number of hydrogen-bond donors (Lipinski definition) is 7. The Bertz CT molecular complexity index is 1290. The number of nitrogens with two attached hydrogens (primary N) is 2. The Morgan fingerprint density at radius 2 is 1.37 bits per heavy atom. The van der Waals surface area contributed by atoms with Gasteiger partial charge in [0.15, 0.2) is 5.96 Å². The Balaban J connectivity index is 1.77. The molecule has 1 aliphatic rings. The van der Waals surface area contributed by atoms with Crippen molar-refractivity contribution in [3.05, 3.63) is 71.8 Å². The van der Waals surface area contributed by atoms with Gasteiger partial charge >= 0.3 is 0 Å². The van der Waals surface area contributed by atoms with Crippen molar-refractivity contribution in [1.29, 1.82) is 5.41 Å². The number of nitrogens with one attached hydrogen (secondary N) is 5. The van der Waals surface area contributed by atoms with E-state index in [2.05, 4.69) is 21.3 Å². The van der Waals surface area contributed by atoms with Gasteiger partial charge in [0.25, 0.3) is 0 Å².